The normalized spacial score (nSPS) is 15.3. The van der Waals surface area contributed by atoms with Gasteiger partial charge in [-0.3, -0.25) is 20.4 Å². The van der Waals surface area contributed by atoms with Crippen molar-refractivity contribution >= 4 is 46.4 Å². The van der Waals surface area contributed by atoms with Crippen molar-refractivity contribution in [2.75, 3.05) is 16.9 Å². The van der Waals surface area contributed by atoms with Crippen LogP contribution in [0.5, 0.6) is 5.75 Å². The molecule has 176 valence electrons. The zero-order chi connectivity index (χ0) is 24.1. The molecule has 1 fully saturated rings. The number of halogens is 2. The number of rotatable bonds is 8. The van der Waals surface area contributed by atoms with E-state index in [4.69, 9.17) is 27.9 Å². The summed E-state index contributed by atoms with van der Waals surface area (Å²) in [5.41, 5.74) is 9.14. The topological polar surface area (TPSA) is 70.7 Å². The van der Waals surface area contributed by atoms with Crippen LogP contribution in [0.3, 0.4) is 0 Å². The zero-order valence-electron chi connectivity index (χ0n) is 18.7. The van der Waals surface area contributed by atoms with Crippen molar-refractivity contribution in [2.24, 2.45) is 5.92 Å². The number of aryl methyl sites for hydroxylation is 1. The summed E-state index contributed by atoms with van der Waals surface area (Å²) in [6, 6.07) is 20.4. The molecule has 0 radical (unpaired) electrons. The Labute approximate surface area is 208 Å². The molecule has 0 spiro atoms. The molecule has 3 aromatic rings. The second-order valence-corrected chi connectivity index (χ2v) is 8.94. The highest BCUT2D eigenvalue weighted by Gasteiger charge is 2.35. The van der Waals surface area contributed by atoms with Gasteiger partial charge in [-0.05, 0) is 60.0 Å². The van der Waals surface area contributed by atoms with E-state index in [1.54, 1.807) is 35.2 Å². The molecule has 0 bridgehead atoms. The van der Waals surface area contributed by atoms with Crippen LogP contribution >= 0.6 is 23.2 Å². The van der Waals surface area contributed by atoms with Crippen molar-refractivity contribution in [3.05, 3.63) is 87.9 Å². The molecule has 4 rings (SSSR count). The van der Waals surface area contributed by atoms with E-state index in [2.05, 4.69) is 17.8 Å². The number of anilines is 2. The summed E-state index contributed by atoms with van der Waals surface area (Å²) in [6.07, 6.45) is 1.10. The number of hydrogen-bond acceptors (Lipinski definition) is 4. The maximum atomic E-state index is 12.7. The monoisotopic (exact) mass is 497 g/mol. The number of carbonyl (C=O) groups excluding carboxylic acids is 2. The van der Waals surface area contributed by atoms with Crippen molar-refractivity contribution in [3.8, 4) is 5.75 Å². The Morgan fingerprint density at radius 2 is 1.74 bits per heavy atom. The Hall–Kier alpha value is -3.22. The fraction of sp³-hybridized carbons (Fsp3) is 0.231. The summed E-state index contributed by atoms with van der Waals surface area (Å²) in [6.45, 7) is 2.78. The van der Waals surface area contributed by atoms with E-state index in [1.165, 1.54) is 5.56 Å². The Kier molecular flexibility index (Phi) is 7.60. The molecule has 1 saturated heterocycles. The molecule has 2 N–H and O–H groups in total. The first kappa shape index (κ1) is 23.9. The predicted molar refractivity (Wildman–Crippen MR) is 135 cm³/mol. The summed E-state index contributed by atoms with van der Waals surface area (Å²) in [5.74, 6) is -0.224. The minimum absolute atomic E-state index is 0.0605. The van der Waals surface area contributed by atoms with E-state index in [0.29, 0.717) is 34.6 Å². The van der Waals surface area contributed by atoms with Crippen LogP contribution in [-0.2, 0) is 22.6 Å². The van der Waals surface area contributed by atoms with Crippen LogP contribution in [0.25, 0.3) is 0 Å². The SMILES string of the molecule is CCc1ccc(N2C[C@@H](C(=O)NNc3ccc(OCc4ccc(Cl)cc4)c(Cl)c3)CC2=O)cc1. The van der Waals surface area contributed by atoms with Crippen molar-refractivity contribution < 1.29 is 14.3 Å². The Morgan fingerprint density at radius 1 is 1.03 bits per heavy atom. The second kappa shape index (κ2) is 10.8. The van der Waals surface area contributed by atoms with Gasteiger partial charge < -0.3 is 9.64 Å². The average molecular weight is 498 g/mol. The molecule has 1 atom stereocenters. The summed E-state index contributed by atoms with van der Waals surface area (Å²) in [7, 11) is 0. The molecule has 0 aliphatic carbocycles. The molecule has 34 heavy (non-hydrogen) atoms. The van der Waals surface area contributed by atoms with Crippen LogP contribution in [0, 0.1) is 5.92 Å². The van der Waals surface area contributed by atoms with Crippen molar-refractivity contribution in [1.29, 1.82) is 0 Å². The number of amides is 2. The molecule has 0 aromatic heterocycles. The van der Waals surface area contributed by atoms with E-state index in [9.17, 15) is 9.59 Å². The van der Waals surface area contributed by atoms with Gasteiger partial charge in [0.2, 0.25) is 11.8 Å². The minimum atomic E-state index is -0.441. The van der Waals surface area contributed by atoms with Crippen LogP contribution in [-0.4, -0.2) is 18.4 Å². The summed E-state index contributed by atoms with van der Waals surface area (Å²) < 4.78 is 5.77. The number of carbonyl (C=O) groups is 2. The fourth-order valence-electron chi connectivity index (χ4n) is 3.72. The summed E-state index contributed by atoms with van der Waals surface area (Å²) in [5, 5.41) is 1.07. The number of hydrogen-bond donors (Lipinski definition) is 2. The maximum absolute atomic E-state index is 12.7. The standard InChI is InChI=1S/C26H25Cl2N3O3/c1-2-17-5-10-22(11-6-17)31-15-19(13-25(31)32)26(33)30-29-21-9-12-24(23(28)14-21)34-16-18-3-7-20(27)8-4-18/h3-12,14,19,29H,2,13,15-16H2,1H3,(H,30,33)/t19-/m0/s1. The predicted octanol–water partition coefficient (Wildman–Crippen LogP) is 5.63. The molecule has 1 heterocycles. The number of ether oxygens (including phenoxy) is 1. The molecule has 0 saturated carbocycles. The van der Waals surface area contributed by atoms with E-state index < -0.39 is 5.92 Å². The Balaban J connectivity index is 1.29. The number of benzene rings is 3. The first-order valence-corrected chi connectivity index (χ1v) is 11.8. The second-order valence-electron chi connectivity index (χ2n) is 8.10. The average Bonchev–Trinajstić information content (AvgIpc) is 3.24. The van der Waals surface area contributed by atoms with Crippen molar-refractivity contribution in [1.82, 2.24) is 5.43 Å². The van der Waals surface area contributed by atoms with Gasteiger partial charge in [0.25, 0.3) is 0 Å². The first-order valence-electron chi connectivity index (χ1n) is 11.0. The van der Waals surface area contributed by atoms with Crippen LogP contribution in [0.1, 0.15) is 24.5 Å². The Bertz CT molecular complexity index is 1170. The van der Waals surface area contributed by atoms with Gasteiger partial charge in [-0.2, -0.15) is 0 Å². The van der Waals surface area contributed by atoms with Crippen LogP contribution in [0.4, 0.5) is 11.4 Å². The minimum Gasteiger partial charge on any atom is -0.487 e. The first-order chi connectivity index (χ1) is 16.4. The van der Waals surface area contributed by atoms with Crippen molar-refractivity contribution in [2.45, 2.75) is 26.4 Å². The lowest BCUT2D eigenvalue weighted by Gasteiger charge is -2.17. The third-order valence-corrected chi connectivity index (χ3v) is 6.27. The summed E-state index contributed by atoms with van der Waals surface area (Å²) >= 11 is 12.2. The van der Waals surface area contributed by atoms with Crippen LogP contribution in [0.15, 0.2) is 66.7 Å². The van der Waals surface area contributed by atoms with E-state index in [-0.39, 0.29) is 18.2 Å². The molecule has 0 unspecified atom stereocenters. The van der Waals surface area contributed by atoms with E-state index in [0.717, 1.165) is 17.7 Å². The van der Waals surface area contributed by atoms with Gasteiger partial charge >= 0.3 is 0 Å². The molecule has 1 aliphatic rings. The van der Waals surface area contributed by atoms with Gasteiger partial charge in [0.15, 0.2) is 0 Å². The Morgan fingerprint density at radius 3 is 2.41 bits per heavy atom. The quantitative estimate of drug-likeness (QED) is 0.395. The largest absolute Gasteiger partial charge is 0.487 e. The smallest absolute Gasteiger partial charge is 0.243 e. The van der Waals surface area contributed by atoms with Gasteiger partial charge in [-0.25, -0.2) is 0 Å². The third-order valence-electron chi connectivity index (χ3n) is 5.72. The van der Waals surface area contributed by atoms with Gasteiger partial charge in [0.05, 0.1) is 16.6 Å². The molecular weight excluding hydrogens is 473 g/mol. The molecule has 2 amide bonds. The van der Waals surface area contributed by atoms with Gasteiger partial charge in [-0.15, -0.1) is 0 Å². The lowest BCUT2D eigenvalue weighted by atomic mass is 10.1. The van der Waals surface area contributed by atoms with Crippen LogP contribution in [0.2, 0.25) is 10.0 Å². The molecule has 6 nitrogen and oxygen atoms in total. The number of nitrogens with zero attached hydrogens (tertiary/aromatic N) is 1. The lowest BCUT2D eigenvalue weighted by Crippen LogP contribution is -2.36. The molecule has 3 aromatic carbocycles. The van der Waals surface area contributed by atoms with Crippen molar-refractivity contribution in [3.63, 3.8) is 0 Å². The zero-order valence-corrected chi connectivity index (χ0v) is 20.2. The highest BCUT2D eigenvalue weighted by molar-refractivity contribution is 6.32. The van der Waals surface area contributed by atoms with Gasteiger partial charge in [-0.1, -0.05) is 54.4 Å². The van der Waals surface area contributed by atoms with E-state index >= 15 is 0 Å². The lowest BCUT2D eigenvalue weighted by molar-refractivity contribution is -0.125. The number of nitrogens with one attached hydrogen (secondary N) is 2. The summed E-state index contributed by atoms with van der Waals surface area (Å²) in [4.78, 5) is 26.8. The van der Waals surface area contributed by atoms with E-state index in [1.807, 2.05) is 36.4 Å². The van der Waals surface area contributed by atoms with Gasteiger partial charge in [0, 0.05) is 23.7 Å². The molecule has 8 heteroatoms. The fourth-order valence-corrected chi connectivity index (χ4v) is 4.08. The maximum Gasteiger partial charge on any atom is 0.243 e. The number of hydrazine groups is 1. The van der Waals surface area contributed by atoms with Gasteiger partial charge in [0.1, 0.15) is 12.4 Å². The molecule has 1 aliphatic heterocycles. The highest BCUT2D eigenvalue weighted by atomic mass is 35.5. The third kappa shape index (κ3) is 5.82. The molecular formula is C26H25Cl2N3O3. The van der Waals surface area contributed by atoms with Crippen LogP contribution < -0.4 is 20.5 Å². The highest BCUT2D eigenvalue weighted by Crippen LogP contribution is 2.29.